The van der Waals surface area contributed by atoms with Crippen LogP contribution in [0.1, 0.15) is 19.3 Å². The van der Waals surface area contributed by atoms with Crippen molar-refractivity contribution in [2.24, 2.45) is 5.73 Å². The van der Waals surface area contributed by atoms with Gasteiger partial charge in [0.05, 0.1) is 9.75 Å². The fraction of sp³-hybridized carbons (Fsp3) is 0.545. The molecule has 1 aromatic heterocycles. The summed E-state index contributed by atoms with van der Waals surface area (Å²) >= 11 is 3.62. The second kappa shape index (κ2) is 4.77. The molecule has 1 aliphatic carbocycles. The van der Waals surface area contributed by atoms with E-state index in [1.165, 1.54) is 4.21 Å². The smallest absolute Gasteiger partial charge is 0.237 e. The van der Waals surface area contributed by atoms with Crippen LogP contribution in [0.25, 0.3) is 0 Å². The molecule has 2 unspecified atom stereocenters. The fourth-order valence-corrected chi connectivity index (χ4v) is 4.50. The summed E-state index contributed by atoms with van der Waals surface area (Å²) in [5.74, 6) is -0.218. The van der Waals surface area contributed by atoms with Gasteiger partial charge in [-0.15, -0.1) is 23.1 Å². The molecule has 1 aromatic rings. The average Bonchev–Trinajstić information content (AvgIpc) is 2.88. The lowest BCUT2D eigenvalue weighted by Crippen LogP contribution is -2.52. The first kappa shape index (κ1) is 12.0. The summed E-state index contributed by atoms with van der Waals surface area (Å²) in [7, 11) is 1.82. The topological polar surface area (TPSA) is 55.1 Å². The Balaban J connectivity index is 1.99. The van der Waals surface area contributed by atoms with Crippen LogP contribution in [0.3, 0.4) is 0 Å². The van der Waals surface area contributed by atoms with Gasteiger partial charge < -0.3 is 11.1 Å². The molecule has 0 aliphatic heterocycles. The predicted octanol–water partition coefficient (Wildman–Crippen LogP) is 1.84. The second-order valence-electron chi connectivity index (χ2n) is 4.11. The van der Waals surface area contributed by atoms with Gasteiger partial charge in [0.15, 0.2) is 0 Å². The molecule has 5 heteroatoms. The Labute approximate surface area is 104 Å². The number of rotatable bonds is 4. The normalized spacial score (nSPS) is 29.4. The van der Waals surface area contributed by atoms with E-state index < -0.39 is 5.54 Å². The number of thioether (sulfide) groups is 1. The van der Waals surface area contributed by atoms with Crippen LogP contribution in [0.2, 0.25) is 0 Å². The molecule has 2 atom stereocenters. The van der Waals surface area contributed by atoms with E-state index in [9.17, 15) is 4.79 Å². The minimum atomic E-state index is -0.477. The van der Waals surface area contributed by atoms with Crippen LogP contribution < -0.4 is 11.1 Å². The molecule has 16 heavy (non-hydrogen) atoms. The first-order valence-electron chi connectivity index (χ1n) is 5.35. The zero-order valence-electron chi connectivity index (χ0n) is 9.23. The zero-order valence-corrected chi connectivity index (χ0v) is 10.9. The molecule has 88 valence electrons. The Hall–Kier alpha value is -0.520. The van der Waals surface area contributed by atoms with Gasteiger partial charge in [0, 0.05) is 5.25 Å². The van der Waals surface area contributed by atoms with Crippen LogP contribution in [0.15, 0.2) is 21.7 Å². The molecule has 3 nitrogen and oxygen atoms in total. The van der Waals surface area contributed by atoms with Crippen molar-refractivity contribution in [2.45, 2.75) is 34.3 Å². The number of amides is 1. The number of carbonyl (C=O) groups excluding carboxylic acids is 1. The fourth-order valence-electron chi connectivity index (χ4n) is 2.17. The number of hydrogen-bond acceptors (Lipinski definition) is 4. The van der Waals surface area contributed by atoms with Crippen LogP contribution >= 0.6 is 23.1 Å². The number of hydrogen-bond donors (Lipinski definition) is 2. The van der Waals surface area contributed by atoms with Gasteiger partial charge in [0.1, 0.15) is 0 Å². The third-order valence-corrected chi connectivity index (χ3v) is 5.54. The molecule has 1 saturated carbocycles. The highest BCUT2D eigenvalue weighted by Gasteiger charge is 2.43. The van der Waals surface area contributed by atoms with E-state index in [0.29, 0.717) is 5.25 Å². The van der Waals surface area contributed by atoms with Crippen LogP contribution in [0, 0.1) is 0 Å². The number of primary amides is 1. The highest BCUT2D eigenvalue weighted by molar-refractivity contribution is 8.01. The lowest BCUT2D eigenvalue weighted by molar-refractivity contribution is -0.124. The van der Waals surface area contributed by atoms with Crippen molar-refractivity contribution < 1.29 is 4.79 Å². The van der Waals surface area contributed by atoms with E-state index in [1.807, 2.05) is 18.8 Å². The van der Waals surface area contributed by atoms with E-state index in [0.717, 1.165) is 19.3 Å². The van der Waals surface area contributed by atoms with E-state index in [1.54, 1.807) is 11.3 Å². The van der Waals surface area contributed by atoms with Crippen LogP contribution in [0.4, 0.5) is 0 Å². The standard InChI is InChI=1S/C11H16N2OS2/c1-13-11(10(12)14)5-4-8(7-11)16-9-3-2-6-15-9/h2-3,6,8,13H,4-5,7H2,1H3,(H2,12,14). The molecule has 0 radical (unpaired) electrons. The van der Waals surface area contributed by atoms with Crippen molar-refractivity contribution in [2.75, 3.05) is 7.05 Å². The van der Waals surface area contributed by atoms with Gasteiger partial charge in [-0.1, -0.05) is 6.07 Å². The largest absolute Gasteiger partial charge is 0.368 e. The molecule has 0 spiro atoms. The zero-order chi connectivity index (χ0) is 11.6. The third-order valence-electron chi connectivity index (χ3n) is 3.20. The molecule has 0 bridgehead atoms. The molecular formula is C11H16N2OS2. The van der Waals surface area contributed by atoms with Crippen molar-refractivity contribution in [1.82, 2.24) is 5.32 Å². The maximum atomic E-state index is 11.5. The number of thiophene rings is 1. The summed E-state index contributed by atoms with van der Waals surface area (Å²) in [6.07, 6.45) is 2.73. The first-order chi connectivity index (χ1) is 7.66. The maximum Gasteiger partial charge on any atom is 0.237 e. The van der Waals surface area contributed by atoms with Crippen LogP contribution in [0.5, 0.6) is 0 Å². The number of carbonyl (C=O) groups is 1. The van der Waals surface area contributed by atoms with Gasteiger partial charge in [-0.2, -0.15) is 0 Å². The highest BCUT2D eigenvalue weighted by atomic mass is 32.2. The summed E-state index contributed by atoms with van der Waals surface area (Å²) in [6.45, 7) is 0. The Kier molecular flexibility index (Phi) is 3.56. The van der Waals surface area contributed by atoms with Crippen molar-refractivity contribution in [1.29, 1.82) is 0 Å². The SMILES string of the molecule is CNC1(C(N)=O)CCC(Sc2cccs2)C1. The van der Waals surface area contributed by atoms with E-state index in [2.05, 4.69) is 22.8 Å². The molecule has 0 saturated heterocycles. The van der Waals surface area contributed by atoms with E-state index in [4.69, 9.17) is 5.73 Å². The van der Waals surface area contributed by atoms with Crippen molar-refractivity contribution >= 4 is 29.0 Å². The summed E-state index contributed by atoms with van der Waals surface area (Å²) in [4.78, 5) is 11.5. The number of nitrogens with one attached hydrogen (secondary N) is 1. The summed E-state index contributed by atoms with van der Waals surface area (Å²) in [5, 5.41) is 5.68. The summed E-state index contributed by atoms with van der Waals surface area (Å²) in [5.41, 5.74) is 4.99. The van der Waals surface area contributed by atoms with Crippen molar-refractivity contribution in [3.63, 3.8) is 0 Å². The minimum Gasteiger partial charge on any atom is -0.368 e. The Morgan fingerprint density at radius 2 is 2.56 bits per heavy atom. The number of likely N-dealkylation sites (N-methyl/N-ethyl adjacent to an activating group) is 1. The molecule has 1 amide bonds. The van der Waals surface area contributed by atoms with E-state index >= 15 is 0 Å². The third kappa shape index (κ3) is 2.26. The van der Waals surface area contributed by atoms with Crippen LogP contribution in [-0.2, 0) is 4.79 Å². The van der Waals surface area contributed by atoms with E-state index in [-0.39, 0.29) is 5.91 Å². The summed E-state index contributed by atoms with van der Waals surface area (Å²) < 4.78 is 1.32. The molecule has 2 rings (SSSR count). The Bertz CT molecular complexity index is 366. The van der Waals surface area contributed by atoms with Gasteiger partial charge in [0.25, 0.3) is 0 Å². The predicted molar refractivity (Wildman–Crippen MR) is 68.8 cm³/mol. The molecular weight excluding hydrogens is 240 g/mol. The quantitative estimate of drug-likeness (QED) is 0.864. The van der Waals surface area contributed by atoms with Gasteiger partial charge in [0.2, 0.25) is 5.91 Å². The average molecular weight is 256 g/mol. The van der Waals surface area contributed by atoms with Crippen molar-refractivity contribution in [3.8, 4) is 0 Å². The Morgan fingerprint density at radius 3 is 3.06 bits per heavy atom. The minimum absolute atomic E-state index is 0.218. The highest BCUT2D eigenvalue weighted by Crippen LogP contribution is 2.41. The lowest BCUT2D eigenvalue weighted by atomic mass is 9.97. The van der Waals surface area contributed by atoms with Gasteiger partial charge in [-0.25, -0.2) is 0 Å². The summed E-state index contributed by atoms with van der Waals surface area (Å²) in [6, 6.07) is 4.18. The molecule has 1 fully saturated rings. The molecule has 1 heterocycles. The number of nitrogens with two attached hydrogens (primary N) is 1. The van der Waals surface area contributed by atoms with Crippen LogP contribution in [-0.4, -0.2) is 23.7 Å². The van der Waals surface area contributed by atoms with Gasteiger partial charge >= 0.3 is 0 Å². The van der Waals surface area contributed by atoms with Gasteiger partial charge in [-0.3, -0.25) is 4.79 Å². The van der Waals surface area contributed by atoms with Gasteiger partial charge in [-0.05, 0) is 37.8 Å². The lowest BCUT2D eigenvalue weighted by Gasteiger charge is -2.24. The van der Waals surface area contributed by atoms with Crippen molar-refractivity contribution in [3.05, 3.63) is 17.5 Å². The molecule has 1 aliphatic rings. The monoisotopic (exact) mass is 256 g/mol. The maximum absolute atomic E-state index is 11.5. The molecule has 3 N–H and O–H groups in total. The molecule has 0 aromatic carbocycles. The first-order valence-corrected chi connectivity index (χ1v) is 7.11. The Morgan fingerprint density at radius 1 is 1.75 bits per heavy atom. The second-order valence-corrected chi connectivity index (χ2v) is 6.66.